The van der Waals surface area contributed by atoms with Gasteiger partial charge >= 0.3 is 0 Å². The van der Waals surface area contributed by atoms with Crippen molar-refractivity contribution in [3.8, 4) is 0 Å². The molecule has 68 valence electrons. The maximum Gasteiger partial charge on any atom is -0.0214 e. The first-order chi connectivity index (χ1) is 5.81. The summed E-state index contributed by atoms with van der Waals surface area (Å²) >= 11 is 0. The van der Waals surface area contributed by atoms with Crippen molar-refractivity contribution >= 4 is 0 Å². The zero-order chi connectivity index (χ0) is 9.23. The molecule has 0 rings (SSSR count). The van der Waals surface area contributed by atoms with Crippen molar-refractivity contribution in [1.82, 2.24) is 0 Å². The van der Waals surface area contributed by atoms with E-state index in [1.54, 1.807) is 0 Å². The standard InChI is InChI=1S/C12H20/c1-4-6-7-8-9-11-12(3)10-5-2/h5,7,9-10,12H,4,6,11H2,1-3H3. The fraction of sp³-hybridized carbons (Fsp3) is 0.583. The van der Waals surface area contributed by atoms with Gasteiger partial charge in [0.25, 0.3) is 0 Å². The van der Waals surface area contributed by atoms with Crippen LogP contribution in [0, 0.1) is 5.92 Å². The Morgan fingerprint density at radius 1 is 1.33 bits per heavy atom. The minimum absolute atomic E-state index is 0.650. The van der Waals surface area contributed by atoms with E-state index in [1.165, 1.54) is 6.42 Å². The van der Waals surface area contributed by atoms with E-state index in [4.69, 9.17) is 0 Å². The van der Waals surface area contributed by atoms with Gasteiger partial charge in [-0.1, -0.05) is 32.4 Å². The molecule has 0 saturated heterocycles. The monoisotopic (exact) mass is 164 g/mol. The van der Waals surface area contributed by atoms with E-state index in [0.29, 0.717) is 5.92 Å². The third kappa shape index (κ3) is 7.37. The molecule has 0 aliphatic rings. The molecule has 1 unspecified atom stereocenters. The van der Waals surface area contributed by atoms with E-state index in [1.807, 2.05) is 0 Å². The van der Waals surface area contributed by atoms with Gasteiger partial charge in [0.05, 0.1) is 0 Å². The molecule has 0 radical (unpaired) electrons. The minimum Gasteiger partial charge on any atom is -0.130 e. The molecule has 0 aromatic rings. The van der Waals surface area contributed by atoms with E-state index < -0.39 is 0 Å². The summed E-state index contributed by atoms with van der Waals surface area (Å²) in [7, 11) is 0. The molecule has 0 aliphatic carbocycles. The van der Waals surface area contributed by atoms with Gasteiger partial charge in [-0.15, -0.1) is 5.73 Å². The van der Waals surface area contributed by atoms with Crippen LogP contribution in [0.15, 0.2) is 30.0 Å². The van der Waals surface area contributed by atoms with Crippen molar-refractivity contribution in [2.45, 2.75) is 40.0 Å². The van der Waals surface area contributed by atoms with E-state index in [0.717, 1.165) is 12.8 Å². The van der Waals surface area contributed by atoms with Crippen molar-refractivity contribution in [3.05, 3.63) is 30.0 Å². The molecule has 0 aromatic carbocycles. The Balaban J connectivity index is 3.58. The number of unbranched alkanes of at least 4 members (excludes halogenated alkanes) is 1. The predicted molar refractivity (Wildman–Crippen MR) is 56.2 cm³/mol. The summed E-state index contributed by atoms with van der Waals surface area (Å²) in [6, 6.07) is 0. The highest BCUT2D eigenvalue weighted by molar-refractivity contribution is 4.91. The lowest BCUT2D eigenvalue weighted by atomic mass is 10.1. The molecular formula is C12H20. The summed E-state index contributed by atoms with van der Waals surface area (Å²) in [6.07, 6.45) is 12.0. The Hall–Kier alpha value is -0.740. The van der Waals surface area contributed by atoms with Crippen LogP contribution in [0.3, 0.4) is 0 Å². The van der Waals surface area contributed by atoms with Gasteiger partial charge < -0.3 is 0 Å². The minimum atomic E-state index is 0.650. The van der Waals surface area contributed by atoms with Crippen LogP contribution in [-0.2, 0) is 0 Å². The summed E-state index contributed by atoms with van der Waals surface area (Å²) < 4.78 is 0. The van der Waals surface area contributed by atoms with Gasteiger partial charge in [-0.3, -0.25) is 0 Å². The van der Waals surface area contributed by atoms with Crippen molar-refractivity contribution in [1.29, 1.82) is 0 Å². The van der Waals surface area contributed by atoms with Crippen LogP contribution >= 0.6 is 0 Å². The molecule has 0 heteroatoms. The summed E-state index contributed by atoms with van der Waals surface area (Å²) in [5, 5.41) is 0. The summed E-state index contributed by atoms with van der Waals surface area (Å²) in [5.41, 5.74) is 3.19. The van der Waals surface area contributed by atoms with E-state index in [9.17, 15) is 0 Å². The Morgan fingerprint density at radius 2 is 2.08 bits per heavy atom. The highest BCUT2D eigenvalue weighted by Gasteiger charge is 1.89. The zero-order valence-corrected chi connectivity index (χ0v) is 8.51. The first-order valence-electron chi connectivity index (χ1n) is 4.83. The third-order valence-electron chi connectivity index (χ3n) is 1.68. The van der Waals surface area contributed by atoms with Gasteiger partial charge in [0, 0.05) is 0 Å². The second kappa shape index (κ2) is 8.36. The largest absolute Gasteiger partial charge is 0.130 e. The van der Waals surface area contributed by atoms with Crippen LogP contribution in [0.2, 0.25) is 0 Å². The maximum atomic E-state index is 3.19. The molecule has 0 aromatic heterocycles. The average molecular weight is 164 g/mol. The van der Waals surface area contributed by atoms with Gasteiger partial charge in [-0.05, 0) is 37.8 Å². The van der Waals surface area contributed by atoms with Crippen LogP contribution in [-0.4, -0.2) is 0 Å². The lowest BCUT2D eigenvalue weighted by molar-refractivity contribution is 0.743. The molecule has 0 spiro atoms. The Morgan fingerprint density at radius 3 is 2.67 bits per heavy atom. The van der Waals surface area contributed by atoms with Crippen LogP contribution in [0.25, 0.3) is 0 Å². The normalized spacial score (nSPS) is 12.6. The van der Waals surface area contributed by atoms with Gasteiger partial charge in [-0.25, -0.2) is 0 Å². The second-order valence-electron chi connectivity index (χ2n) is 3.10. The van der Waals surface area contributed by atoms with Gasteiger partial charge in [0.15, 0.2) is 0 Å². The quantitative estimate of drug-likeness (QED) is 0.424. The lowest BCUT2D eigenvalue weighted by Gasteiger charge is -1.97. The average Bonchev–Trinajstić information content (AvgIpc) is 2.05. The van der Waals surface area contributed by atoms with Crippen molar-refractivity contribution < 1.29 is 0 Å². The van der Waals surface area contributed by atoms with Crippen LogP contribution in [0.4, 0.5) is 0 Å². The maximum absolute atomic E-state index is 3.19. The second-order valence-corrected chi connectivity index (χ2v) is 3.10. The topological polar surface area (TPSA) is 0 Å². The summed E-state index contributed by atoms with van der Waals surface area (Å²) in [4.78, 5) is 0. The Labute approximate surface area is 76.7 Å². The number of rotatable bonds is 5. The molecule has 0 nitrogen and oxygen atoms in total. The molecule has 0 saturated carbocycles. The van der Waals surface area contributed by atoms with Gasteiger partial charge in [0.2, 0.25) is 0 Å². The first-order valence-corrected chi connectivity index (χ1v) is 4.83. The number of hydrogen-bond acceptors (Lipinski definition) is 0. The third-order valence-corrected chi connectivity index (χ3v) is 1.68. The molecule has 0 heterocycles. The molecule has 1 atom stereocenters. The van der Waals surface area contributed by atoms with Crippen molar-refractivity contribution in [2.75, 3.05) is 0 Å². The molecule has 0 fully saturated rings. The molecular weight excluding hydrogens is 144 g/mol. The smallest absolute Gasteiger partial charge is 0.0214 e. The van der Waals surface area contributed by atoms with E-state index in [-0.39, 0.29) is 0 Å². The van der Waals surface area contributed by atoms with Crippen LogP contribution in [0.1, 0.15) is 40.0 Å². The summed E-state index contributed by atoms with van der Waals surface area (Å²) in [6.45, 7) is 6.46. The molecule has 0 amide bonds. The number of allylic oxidation sites excluding steroid dienone is 3. The highest BCUT2D eigenvalue weighted by atomic mass is 13.9. The molecule has 0 N–H and O–H groups in total. The highest BCUT2D eigenvalue weighted by Crippen LogP contribution is 2.03. The first kappa shape index (κ1) is 11.3. The fourth-order valence-electron chi connectivity index (χ4n) is 0.972. The molecule has 0 aliphatic heterocycles. The van der Waals surface area contributed by atoms with E-state index >= 15 is 0 Å². The predicted octanol–water partition coefficient (Wildman–Crippen LogP) is 4.10. The van der Waals surface area contributed by atoms with Crippen molar-refractivity contribution in [3.63, 3.8) is 0 Å². The molecule has 12 heavy (non-hydrogen) atoms. The summed E-state index contributed by atoms with van der Waals surface area (Å²) in [5.74, 6) is 0.650. The Bertz CT molecular complexity index is 168. The molecule has 0 bridgehead atoms. The van der Waals surface area contributed by atoms with E-state index in [2.05, 4.69) is 50.8 Å². The zero-order valence-electron chi connectivity index (χ0n) is 8.51. The van der Waals surface area contributed by atoms with Gasteiger partial charge in [0.1, 0.15) is 0 Å². The number of hydrogen-bond donors (Lipinski definition) is 0. The van der Waals surface area contributed by atoms with Crippen LogP contribution < -0.4 is 0 Å². The van der Waals surface area contributed by atoms with Crippen molar-refractivity contribution in [2.24, 2.45) is 5.92 Å². The van der Waals surface area contributed by atoms with Gasteiger partial charge in [-0.2, -0.15) is 0 Å². The lowest BCUT2D eigenvalue weighted by Crippen LogP contribution is -1.83. The fourth-order valence-corrected chi connectivity index (χ4v) is 0.972. The SMILES string of the molecule is CC=CC(C)CC=C=CCCC. The van der Waals surface area contributed by atoms with Crippen LogP contribution in [0.5, 0.6) is 0 Å². The Kier molecular flexibility index (Phi) is 7.84.